The summed E-state index contributed by atoms with van der Waals surface area (Å²) in [5, 5.41) is 14.8. The summed E-state index contributed by atoms with van der Waals surface area (Å²) in [6.07, 6.45) is 0.577. The number of ether oxygens (including phenoxy) is 1. The number of carbonyl (C=O) groups is 1. The van der Waals surface area contributed by atoms with Gasteiger partial charge >= 0.3 is 0 Å². The van der Waals surface area contributed by atoms with Gasteiger partial charge in [0.05, 0.1) is 12.6 Å². The Morgan fingerprint density at radius 1 is 1.38 bits per heavy atom. The van der Waals surface area contributed by atoms with Gasteiger partial charge in [-0.05, 0) is 27.2 Å². The lowest BCUT2D eigenvalue weighted by molar-refractivity contribution is -0.123. The molecule has 0 saturated heterocycles. The van der Waals surface area contributed by atoms with Gasteiger partial charge in [-0.25, -0.2) is 0 Å². The Bertz CT molecular complexity index is 192. The van der Waals surface area contributed by atoms with E-state index in [1.807, 2.05) is 13.8 Å². The minimum Gasteiger partial charge on any atom is -0.396 e. The van der Waals surface area contributed by atoms with Crippen LogP contribution in [-0.2, 0) is 9.53 Å². The second-order valence-corrected chi connectivity index (χ2v) is 4.22. The van der Waals surface area contributed by atoms with Crippen LogP contribution in [0, 0.1) is 0 Å². The van der Waals surface area contributed by atoms with Gasteiger partial charge in [-0.3, -0.25) is 4.79 Å². The maximum atomic E-state index is 11.6. The van der Waals surface area contributed by atoms with E-state index in [4.69, 9.17) is 9.84 Å². The summed E-state index contributed by atoms with van der Waals surface area (Å²) in [6.45, 7) is 6.22. The average molecular weight is 232 g/mol. The second kappa shape index (κ2) is 8.50. The first kappa shape index (κ1) is 15.3. The summed E-state index contributed by atoms with van der Waals surface area (Å²) in [5.41, 5.74) is 0. The fourth-order valence-corrected chi connectivity index (χ4v) is 1.41. The average Bonchev–Trinajstić information content (AvgIpc) is 2.17. The van der Waals surface area contributed by atoms with Crippen molar-refractivity contribution in [3.63, 3.8) is 0 Å². The Kier molecular flexibility index (Phi) is 8.15. The van der Waals surface area contributed by atoms with E-state index in [1.165, 1.54) is 0 Å². The van der Waals surface area contributed by atoms with Crippen molar-refractivity contribution in [2.24, 2.45) is 0 Å². The van der Waals surface area contributed by atoms with Crippen molar-refractivity contribution in [2.75, 3.05) is 20.3 Å². The molecule has 0 rings (SSSR count). The van der Waals surface area contributed by atoms with Crippen molar-refractivity contribution in [2.45, 2.75) is 45.3 Å². The van der Waals surface area contributed by atoms with Crippen LogP contribution < -0.4 is 10.6 Å². The molecule has 0 aromatic heterocycles. The standard InChI is InChI=1S/C11H24N2O3/c1-8(2)12-11(15)9(3)13-10(5-6-14)7-16-4/h8-10,13-14H,5-7H2,1-4H3,(H,12,15). The van der Waals surface area contributed by atoms with Gasteiger partial charge in [0, 0.05) is 25.8 Å². The number of aliphatic hydroxyl groups excluding tert-OH is 1. The van der Waals surface area contributed by atoms with E-state index in [2.05, 4.69) is 10.6 Å². The number of hydrogen-bond donors (Lipinski definition) is 3. The Labute approximate surface area is 97.6 Å². The van der Waals surface area contributed by atoms with Crippen LogP contribution in [0.25, 0.3) is 0 Å². The van der Waals surface area contributed by atoms with Crippen LogP contribution >= 0.6 is 0 Å². The highest BCUT2D eigenvalue weighted by Crippen LogP contribution is 1.95. The Morgan fingerprint density at radius 3 is 2.44 bits per heavy atom. The van der Waals surface area contributed by atoms with E-state index in [0.29, 0.717) is 13.0 Å². The number of nitrogens with one attached hydrogen (secondary N) is 2. The maximum Gasteiger partial charge on any atom is 0.237 e. The molecule has 5 heteroatoms. The molecule has 96 valence electrons. The van der Waals surface area contributed by atoms with Crippen molar-refractivity contribution in [3.05, 3.63) is 0 Å². The molecule has 0 aromatic carbocycles. The molecule has 5 nitrogen and oxygen atoms in total. The van der Waals surface area contributed by atoms with Crippen molar-refractivity contribution >= 4 is 5.91 Å². The molecule has 3 N–H and O–H groups in total. The smallest absolute Gasteiger partial charge is 0.237 e. The Balaban J connectivity index is 4.05. The molecule has 0 saturated carbocycles. The number of methoxy groups -OCH3 is 1. The molecule has 2 atom stereocenters. The van der Waals surface area contributed by atoms with Crippen LogP contribution in [0.5, 0.6) is 0 Å². The topological polar surface area (TPSA) is 70.6 Å². The lowest BCUT2D eigenvalue weighted by Gasteiger charge is -2.22. The molecule has 0 heterocycles. The largest absolute Gasteiger partial charge is 0.396 e. The van der Waals surface area contributed by atoms with Crippen molar-refractivity contribution in [1.29, 1.82) is 0 Å². The number of carbonyl (C=O) groups excluding carboxylic acids is 1. The van der Waals surface area contributed by atoms with E-state index < -0.39 is 0 Å². The minimum absolute atomic E-state index is 0.00270. The zero-order valence-corrected chi connectivity index (χ0v) is 10.6. The molecule has 1 amide bonds. The Morgan fingerprint density at radius 2 is 2.00 bits per heavy atom. The fraction of sp³-hybridized carbons (Fsp3) is 0.909. The van der Waals surface area contributed by atoms with E-state index >= 15 is 0 Å². The molecular weight excluding hydrogens is 208 g/mol. The van der Waals surface area contributed by atoms with Gasteiger partial charge in [0.2, 0.25) is 5.91 Å². The summed E-state index contributed by atoms with van der Waals surface area (Å²) in [6, 6.07) is -0.146. The third-order valence-electron chi connectivity index (χ3n) is 2.16. The molecule has 2 unspecified atom stereocenters. The van der Waals surface area contributed by atoms with Crippen molar-refractivity contribution in [1.82, 2.24) is 10.6 Å². The molecule has 0 radical (unpaired) electrons. The molecule has 0 aliphatic heterocycles. The zero-order valence-electron chi connectivity index (χ0n) is 10.6. The number of amides is 1. The summed E-state index contributed by atoms with van der Waals surface area (Å²) < 4.78 is 5.01. The van der Waals surface area contributed by atoms with Crippen molar-refractivity contribution in [3.8, 4) is 0 Å². The van der Waals surface area contributed by atoms with Gasteiger partial charge in [-0.1, -0.05) is 0 Å². The Hall–Kier alpha value is -0.650. The van der Waals surface area contributed by atoms with Crippen LogP contribution in [-0.4, -0.2) is 49.5 Å². The van der Waals surface area contributed by atoms with E-state index in [9.17, 15) is 4.79 Å². The van der Waals surface area contributed by atoms with Crippen LogP contribution in [0.15, 0.2) is 0 Å². The molecule has 0 bridgehead atoms. The van der Waals surface area contributed by atoms with E-state index in [1.54, 1.807) is 14.0 Å². The molecule has 0 fully saturated rings. The molecule has 16 heavy (non-hydrogen) atoms. The lowest BCUT2D eigenvalue weighted by Crippen LogP contribution is -2.49. The first-order valence-electron chi connectivity index (χ1n) is 5.67. The van der Waals surface area contributed by atoms with Crippen LogP contribution in [0.3, 0.4) is 0 Å². The van der Waals surface area contributed by atoms with Crippen LogP contribution in [0.2, 0.25) is 0 Å². The van der Waals surface area contributed by atoms with E-state index in [-0.39, 0.29) is 30.6 Å². The predicted octanol–water partition coefficient (Wildman–Crippen LogP) is -0.113. The van der Waals surface area contributed by atoms with Gasteiger partial charge in [0.15, 0.2) is 0 Å². The van der Waals surface area contributed by atoms with Gasteiger partial charge in [0.25, 0.3) is 0 Å². The minimum atomic E-state index is -0.283. The third-order valence-corrected chi connectivity index (χ3v) is 2.16. The summed E-state index contributed by atoms with van der Waals surface area (Å²) in [7, 11) is 1.60. The molecule has 0 aromatic rings. The van der Waals surface area contributed by atoms with Gasteiger partial charge in [0.1, 0.15) is 0 Å². The van der Waals surface area contributed by atoms with Gasteiger partial charge in [-0.2, -0.15) is 0 Å². The fourth-order valence-electron chi connectivity index (χ4n) is 1.41. The van der Waals surface area contributed by atoms with Gasteiger partial charge in [-0.15, -0.1) is 0 Å². The summed E-state index contributed by atoms with van der Waals surface area (Å²) in [4.78, 5) is 11.6. The SMILES string of the molecule is COCC(CCO)NC(C)C(=O)NC(C)C. The number of rotatable bonds is 8. The predicted molar refractivity (Wildman–Crippen MR) is 63.2 cm³/mol. The highest BCUT2D eigenvalue weighted by molar-refractivity contribution is 5.81. The highest BCUT2D eigenvalue weighted by Gasteiger charge is 2.17. The molecule has 0 aliphatic carbocycles. The third kappa shape index (κ3) is 6.76. The quantitative estimate of drug-likeness (QED) is 0.546. The maximum absolute atomic E-state index is 11.6. The lowest BCUT2D eigenvalue weighted by atomic mass is 10.2. The molecule has 0 spiro atoms. The first-order chi connectivity index (χ1) is 7.51. The normalized spacial score (nSPS) is 14.9. The van der Waals surface area contributed by atoms with Crippen LogP contribution in [0.4, 0.5) is 0 Å². The number of hydrogen-bond acceptors (Lipinski definition) is 4. The number of aliphatic hydroxyl groups is 1. The van der Waals surface area contributed by atoms with Crippen LogP contribution in [0.1, 0.15) is 27.2 Å². The van der Waals surface area contributed by atoms with E-state index in [0.717, 1.165) is 0 Å². The van der Waals surface area contributed by atoms with Crippen molar-refractivity contribution < 1.29 is 14.6 Å². The summed E-state index contributed by atoms with van der Waals surface area (Å²) >= 11 is 0. The first-order valence-corrected chi connectivity index (χ1v) is 5.67. The zero-order chi connectivity index (χ0) is 12.6. The monoisotopic (exact) mass is 232 g/mol. The van der Waals surface area contributed by atoms with Gasteiger partial charge < -0.3 is 20.5 Å². The summed E-state index contributed by atoms with van der Waals surface area (Å²) in [5.74, 6) is -0.0333. The molecular formula is C11H24N2O3. The molecule has 0 aliphatic rings. The highest BCUT2D eigenvalue weighted by atomic mass is 16.5. The second-order valence-electron chi connectivity index (χ2n) is 4.22.